The third-order valence-electron chi connectivity index (χ3n) is 5.28. The van der Waals surface area contributed by atoms with Crippen LogP contribution in [0.15, 0.2) is 59.7 Å². The molecule has 7 nitrogen and oxygen atoms in total. The fourth-order valence-corrected chi connectivity index (χ4v) is 3.93. The highest BCUT2D eigenvalue weighted by Crippen LogP contribution is 2.35. The lowest BCUT2D eigenvalue weighted by Crippen LogP contribution is -2.36. The molecule has 1 N–H and O–H groups in total. The molecule has 0 saturated carbocycles. The van der Waals surface area contributed by atoms with Gasteiger partial charge in [0.15, 0.2) is 0 Å². The van der Waals surface area contributed by atoms with Gasteiger partial charge in [0.1, 0.15) is 11.5 Å². The fourth-order valence-electron chi connectivity index (χ4n) is 3.93. The summed E-state index contributed by atoms with van der Waals surface area (Å²) in [6, 6.07) is 10.1. The molecule has 0 fully saturated rings. The van der Waals surface area contributed by atoms with Crippen molar-refractivity contribution in [3.05, 3.63) is 83.9 Å². The second-order valence-electron chi connectivity index (χ2n) is 6.96. The summed E-state index contributed by atoms with van der Waals surface area (Å²) in [7, 11) is 0. The van der Waals surface area contributed by atoms with E-state index < -0.39 is 0 Å². The van der Waals surface area contributed by atoms with Crippen molar-refractivity contribution >= 4 is 0 Å². The molecule has 0 saturated heterocycles. The van der Waals surface area contributed by atoms with Gasteiger partial charge < -0.3 is 9.40 Å². The van der Waals surface area contributed by atoms with Gasteiger partial charge in [-0.15, -0.1) is 0 Å². The minimum absolute atomic E-state index is 0.00369. The van der Waals surface area contributed by atoms with E-state index in [1.165, 1.54) is 5.69 Å². The van der Waals surface area contributed by atoms with E-state index in [1.54, 1.807) is 18.7 Å². The molecule has 0 radical (unpaired) electrons. The zero-order valence-electron chi connectivity index (χ0n) is 15.7. The number of nitrogens with one attached hydrogen (secondary N) is 1. The topological polar surface area (TPSA) is 75.8 Å². The highest BCUT2D eigenvalue weighted by molar-refractivity contribution is 5.33. The van der Waals surface area contributed by atoms with E-state index in [2.05, 4.69) is 50.0 Å². The zero-order valence-corrected chi connectivity index (χ0v) is 15.7. The van der Waals surface area contributed by atoms with Crippen LogP contribution in [-0.4, -0.2) is 35.9 Å². The second kappa shape index (κ2) is 7.09. The molecule has 4 aromatic rings. The van der Waals surface area contributed by atoms with Crippen molar-refractivity contribution in [1.82, 2.24) is 29.4 Å². The minimum Gasteiger partial charge on any atom is -0.465 e. The Labute approximate surface area is 163 Å². The van der Waals surface area contributed by atoms with Crippen molar-refractivity contribution in [3.63, 3.8) is 0 Å². The van der Waals surface area contributed by atoms with Crippen LogP contribution < -0.4 is 0 Å². The Morgan fingerprint density at radius 3 is 2.79 bits per heavy atom. The monoisotopic (exact) mass is 374 g/mol. The lowest BCUT2D eigenvalue weighted by molar-refractivity contribution is 0.179. The van der Waals surface area contributed by atoms with E-state index in [9.17, 15) is 0 Å². The molecule has 5 rings (SSSR count). The number of hydrogen-bond donors (Lipinski definition) is 1. The molecule has 4 aromatic heterocycles. The predicted octanol–water partition coefficient (Wildman–Crippen LogP) is 3.29. The fraction of sp³-hybridized carbons (Fsp3) is 0.286. The SMILES string of the molecule is CCc1ccc(CN2CCc3[nH]cnc3[C@H]2c2cccn2-c2ncccn2)o1. The number of hydrogen-bond acceptors (Lipinski definition) is 5. The van der Waals surface area contributed by atoms with Gasteiger partial charge in [-0.25, -0.2) is 15.0 Å². The summed E-state index contributed by atoms with van der Waals surface area (Å²) in [5.74, 6) is 2.66. The minimum atomic E-state index is 0.00369. The smallest absolute Gasteiger partial charge is 0.233 e. The molecule has 5 heterocycles. The van der Waals surface area contributed by atoms with Gasteiger partial charge in [-0.2, -0.15) is 0 Å². The van der Waals surface area contributed by atoms with Gasteiger partial charge >= 0.3 is 0 Å². The van der Waals surface area contributed by atoms with E-state index in [0.29, 0.717) is 5.95 Å². The number of H-pyrrole nitrogens is 1. The first-order valence-corrected chi connectivity index (χ1v) is 9.62. The molecule has 1 atom stereocenters. The molecule has 0 unspecified atom stereocenters. The van der Waals surface area contributed by atoms with Crippen molar-refractivity contribution in [2.24, 2.45) is 0 Å². The quantitative estimate of drug-likeness (QED) is 0.580. The van der Waals surface area contributed by atoms with Gasteiger partial charge in [0.2, 0.25) is 5.95 Å². The maximum absolute atomic E-state index is 5.98. The van der Waals surface area contributed by atoms with E-state index >= 15 is 0 Å². The van der Waals surface area contributed by atoms with Gasteiger partial charge in [-0.3, -0.25) is 9.47 Å². The third-order valence-corrected chi connectivity index (χ3v) is 5.28. The summed E-state index contributed by atoms with van der Waals surface area (Å²) in [6.07, 6.45) is 9.16. The second-order valence-corrected chi connectivity index (χ2v) is 6.96. The number of furan rings is 1. The number of rotatable bonds is 5. The summed E-state index contributed by atoms with van der Waals surface area (Å²) >= 11 is 0. The molecule has 0 aromatic carbocycles. The Kier molecular flexibility index (Phi) is 4.29. The molecule has 1 aliphatic rings. The first-order chi connectivity index (χ1) is 13.8. The molecular formula is C21H22N6O. The summed E-state index contributed by atoms with van der Waals surface area (Å²) in [5.41, 5.74) is 3.35. The van der Waals surface area contributed by atoms with E-state index in [4.69, 9.17) is 4.42 Å². The molecule has 0 spiro atoms. The van der Waals surface area contributed by atoms with Crippen LogP contribution in [0, 0.1) is 0 Å². The largest absolute Gasteiger partial charge is 0.465 e. The van der Waals surface area contributed by atoms with Crippen molar-refractivity contribution in [3.8, 4) is 5.95 Å². The van der Waals surface area contributed by atoms with Crippen LogP contribution >= 0.6 is 0 Å². The van der Waals surface area contributed by atoms with Crippen molar-refractivity contribution in [1.29, 1.82) is 0 Å². The Morgan fingerprint density at radius 1 is 1.11 bits per heavy atom. The maximum Gasteiger partial charge on any atom is 0.233 e. The Balaban J connectivity index is 1.55. The molecule has 1 aliphatic heterocycles. The first-order valence-electron chi connectivity index (χ1n) is 9.62. The van der Waals surface area contributed by atoms with Gasteiger partial charge in [0, 0.05) is 49.4 Å². The molecule has 0 aliphatic carbocycles. The lowest BCUT2D eigenvalue weighted by atomic mass is 9.99. The Hall–Kier alpha value is -3.19. The summed E-state index contributed by atoms with van der Waals surface area (Å²) in [6.45, 7) is 3.76. The predicted molar refractivity (Wildman–Crippen MR) is 104 cm³/mol. The van der Waals surface area contributed by atoms with Crippen molar-refractivity contribution < 1.29 is 4.42 Å². The van der Waals surface area contributed by atoms with Crippen LogP contribution in [0.1, 0.15) is 41.6 Å². The summed E-state index contributed by atoms with van der Waals surface area (Å²) in [5, 5.41) is 0. The van der Waals surface area contributed by atoms with E-state index in [0.717, 1.165) is 48.8 Å². The Bertz CT molecular complexity index is 1060. The van der Waals surface area contributed by atoms with Crippen molar-refractivity contribution in [2.75, 3.05) is 6.54 Å². The van der Waals surface area contributed by atoms with Gasteiger partial charge in [-0.1, -0.05) is 6.92 Å². The van der Waals surface area contributed by atoms with Gasteiger partial charge in [-0.05, 0) is 30.3 Å². The third kappa shape index (κ3) is 2.93. The van der Waals surface area contributed by atoms with Crippen LogP contribution in [0.3, 0.4) is 0 Å². The van der Waals surface area contributed by atoms with Gasteiger partial charge in [0.25, 0.3) is 0 Å². The van der Waals surface area contributed by atoms with Crippen LogP contribution in [0.25, 0.3) is 5.95 Å². The van der Waals surface area contributed by atoms with Crippen molar-refractivity contribution in [2.45, 2.75) is 32.4 Å². The average Bonchev–Trinajstić information content (AvgIpc) is 3.49. The number of nitrogens with zero attached hydrogens (tertiary/aromatic N) is 5. The molecule has 7 heteroatoms. The average molecular weight is 374 g/mol. The van der Waals surface area contributed by atoms with E-state index in [1.807, 2.05) is 22.9 Å². The first kappa shape index (κ1) is 16.9. The maximum atomic E-state index is 5.98. The van der Waals surface area contributed by atoms with E-state index in [-0.39, 0.29) is 6.04 Å². The molecule has 0 bridgehead atoms. The van der Waals surface area contributed by atoms with Crippen LogP contribution in [-0.2, 0) is 19.4 Å². The molecule has 0 amide bonds. The summed E-state index contributed by atoms with van der Waals surface area (Å²) < 4.78 is 8.03. The summed E-state index contributed by atoms with van der Waals surface area (Å²) in [4.78, 5) is 19.2. The van der Waals surface area contributed by atoms with Crippen LogP contribution in [0.2, 0.25) is 0 Å². The number of aromatic nitrogens is 5. The number of aryl methyl sites for hydroxylation is 1. The number of imidazole rings is 1. The molecule has 28 heavy (non-hydrogen) atoms. The molecule has 142 valence electrons. The lowest BCUT2D eigenvalue weighted by Gasteiger charge is -2.34. The van der Waals surface area contributed by atoms with Gasteiger partial charge in [0.05, 0.1) is 24.6 Å². The van der Waals surface area contributed by atoms with Crippen LogP contribution in [0.5, 0.6) is 0 Å². The standard InChI is InChI=1S/C21H22N6O/c1-2-15-6-7-16(28-15)13-26-12-8-17-19(25-14-24-17)20(26)18-5-3-11-27(18)21-22-9-4-10-23-21/h3-7,9-11,14,20H,2,8,12-13H2,1H3,(H,24,25)/t20-/m1/s1. The molecular weight excluding hydrogens is 352 g/mol. The van der Waals surface area contributed by atoms with Crippen LogP contribution in [0.4, 0.5) is 0 Å². The highest BCUT2D eigenvalue weighted by atomic mass is 16.3. The number of fused-ring (bicyclic) bond motifs is 1. The Morgan fingerprint density at radius 2 is 1.96 bits per heavy atom. The highest BCUT2D eigenvalue weighted by Gasteiger charge is 2.33. The number of aromatic amines is 1. The zero-order chi connectivity index (χ0) is 18.9. The normalized spacial score (nSPS) is 17.0.